The third-order valence-electron chi connectivity index (χ3n) is 3.92. The van der Waals surface area contributed by atoms with Crippen molar-refractivity contribution in [2.75, 3.05) is 19.6 Å². The molecule has 1 N–H and O–H groups in total. The predicted molar refractivity (Wildman–Crippen MR) is 78.5 cm³/mol. The number of likely N-dealkylation sites (tertiary alicyclic amines) is 1. The van der Waals surface area contributed by atoms with Crippen molar-refractivity contribution in [2.24, 2.45) is 5.92 Å². The minimum atomic E-state index is -4.31. The van der Waals surface area contributed by atoms with Crippen molar-refractivity contribution in [3.05, 3.63) is 35.4 Å². The molecule has 1 aromatic rings. The van der Waals surface area contributed by atoms with Crippen LogP contribution in [0.15, 0.2) is 24.3 Å². The maximum atomic E-state index is 12.5. The summed E-state index contributed by atoms with van der Waals surface area (Å²) in [7, 11) is 0. The molecule has 0 saturated carbocycles. The molecule has 3 nitrogen and oxygen atoms in total. The zero-order chi connectivity index (χ0) is 16.2. The van der Waals surface area contributed by atoms with Gasteiger partial charge in [0.15, 0.2) is 0 Å². The van der Waals surface area contributed by atoms with E-state index in [1.165, 1.54) is 12.1 Å². The number of hydrogen-bond donors (Lipinski definition) is 1. The molecule has 1 aliphatic rings. The Labute approximate surface area is 128 Å². The number of piperidine rings is 1. The quantitative estimate of drug-likeness (QED) is 0.907. The van der Waals surface area contributed by atoms with E-state index in [0.717, 1.165) is 43.6 Å². The number of urea groups is 1. The van der Waals surface area contributed by atoms with Crippen LogP contribution in [0.1, 0.15) is 30.9 Å². The highest BCUT2D eigenvalue weighted by Crippen LogP contribution is 2.29. The van der Waals surface area contributed by atoms with Crippen molar-refractivity contribution in [3.63, 3.8) is 0 Å². The second-order valence-electron chi connectivity index (χ2n) is 5.87. The molecule has 1 aliphatic heterocycles. The van der Waals surface area contributed by atoms with Crippen LogP contribution < -0.4 is 5.32 Å². The van der Waals surface area contributed by atoms with Crippen molar-refractivity contribution in [1.82, 2.24) is 10.2 Å². The standard InChI is InChI=1S/C16H21F3N2O/c1-12-3-2-10-21(11-12)15(22)20-9-8-13-4-6-14(7-5-13)16(17,18)19/h4-7,12H,2-3,8-11H2,1H3,(H,20,22). The van der Waals surface area contributed by atoms with Crippen LogP contribution in [-0.2, 0) is 12.6 Å². The number of amides is 2. The van der Waals surface area contributed by atoms with E-state index in [4.69, 9.17) is 0 Å². The van der Waals surface area contributed by atoms with Crippen LogP contribution in [0.5, 0.6) is 0 Å². The maximum absolute atomic E-state index is 12.5. The van der Waals surface area contributed by atoms with Gasteiger partial charge in [0.25, 0.3) is 0 Å². The number of nitrogens with zero attached hydrogens (tertiary/aromatic N) is 1. The first kappa shape index (κ1) is 16.6. The van der Waals surface area contributed by atoms with Gasteiger partial charge in [0.1, 0.15) is 0 Å². The molecular weight excluding hydrogens is 293 g/mol. The van der Waals surface area contributed by atoms with E-state index in [0.29, 0.717) is 18.9 Å². The molecule has 0 aromatic heterocycles. The summed E-state index contributed by atoms with van der Waals surface area (Å²) in [4.78, 5) is 13.8. The number of rotatable bonds is 3. The topological polar surface area (TPSA) is 32.3 Å². The fraction of sp³-hybridized carbons (Fsp3) is 0.562. The lowest BCUT2D eigenvalue weighted by molar-refractivity contribution is -0.137. The molecule has 2 rings (SSSR count). The molecule has 0 aliphatic carbocycles. The van der Waals surface area contributed by atoms with Gasteiger partial charge in [-0.25, -0.2) is 4.79 Å². The van der Waals surface area contributed by atoms with Crippen molar-refractivity contribution < 1.29 is 18.0 Å². The summed E-state index contributed by atoms with van der Waals surface area (Å²) >= 11 is 0. The zero-order valence-corrected chi connectivity index (χ0v) is 12.6. The molecular formula is C16H21F3N2O. The molecule has 6 heteroatoms. The highest BCUT2D eigenvalue weighted by molar-refractivity contribution is 5.74. The van der Waals surface area contributed by atoms with Crippen molar-refractivity contribution in [1.29, 1.82) is 0 Å². The predicted octanol–water partition coefficient (Wildman–Crippen LogP) is 3.69. The Balaban J connectivity index is 1.77. The lowest BCUT2D eigenvalue weighted by atomic mass is 10.0. The highest BCUT2D eigenvalue weighted by Gasteiger charge is 2.29. The van der Waals surface area contributed by atoms with Gasteiger partial charge in [0, 0.05) is 19.6 Å². The van der Waals surface area contributed by atoms with Crippen molar-refractivity contribution in [3.8, 4) is 0 Å². The summed E-state index contributed by atoms with van der Waals surface area (Å²) < 4.78 is 37.4. The van der Waals surface area contributed by atoms with Gasteiger partial charge in [-0.05, 0) is 42.9 Å². The number of halogens is 3. The number of nitrogens with one attached hydrogen (secondary N) is 1. The minimum Gasteiger partial charge on any atom is -0.338 e. The molecule has 1 saturated heterocycles. The van der Waals surface area contributed by atoms with Crippen molar-refractivity contribution in [2.45, 2.75) is 32.4 Å². The van der Waals surface area contributed by atoms with Gasteiger partial charge < -0.3 is 10.2 Å². The SMILES string of the molecule is CC1CCCN(C(=O)NCCc2ccc(C(F)(F)F)cc2)C1. The summed E-state index contributed by atoms with van der Waals surface area (Å²) in [5.74, 6) is 0.523. The normalized spacial score (nSPS) is 19.1. The van der Waals surface area contributed by atoms with Gasteiger partial charge >= 0.3 is 12.2 Å². The first-order valence-electron chi connectivity index (χ1n) is 7.55. The summed E-state index contributed by atoms with van der Waals surface area (Å²) in [5.41, 5.74) is 0.128. The Hall–Kier alpha value is -1.72. The van der Waals surface area contributed by atoms with E-state index in [-0.39, 0.29) is 6.03 Å². The smallest absolute Gasteiger partial charge is 0.338 e. The molecule has 1 atom stereocenters. The van der Waals surface area contributed by atoms with Crippen LogP contribution in [0.3, 0.4) is 0 Å². The highest BCUT2D eigenvalue weighted by atomic mass is 19.4. The third kappa shape index (κ3) is 4.64. The monoisotopic (exact) mass is 314 g/mol. The fourth-order valence-corrected chi connectivity index (χ4v) is 2.66. The lowest BCUT2D eigenvalue weighted by Crippen LogP contribution is -2.45. The molecule has 2 amide bonds. The van der Waals surface area contributed by atoms with Crippen LogP contribution in [0.25, 0.3) is 0 Å². The second-order valence-corrected chi connectivity index (χ2v) is 5.87. The van der Waals surface area contributed by atoms with Gasteiger partial charge in [0.05, 0.1) is 5.56 Å². The van der Waals surface area contributed by atoms with Gasteiger partial charge in [-0.1, -0.05) is 19.1 Å². The molecule has 0 radical (unpaired) electrons. The molecule has 1 heterocycles. The summed E-state index contributed by atoms with van der Waals surface area (Å²) in [6, 6.07) is 4.97. The molecule has 1 unspecified atom stereocenters. The van der Waals surface area contributed by atoms with Gasteiger partial charge in [-0.15, -0.1) is 0 Å². The van der Waals surface area contributed by atoms with Crippen LogP contribution in [-0.4, -0.2) is 30.6 Å². The van der Waals surface area contributed by atoms with Crippen LogP contribution in [0.2, 0.25) is 0 Å². The molecule has 0 bridgehead atoms. The Morgan fingerprint density at radius 2 is 2.00 bits per heavy atom. The van der Waals surface area contributed by atoms with E-state index in [2.05, 4.69) is 12.2 Å². The van der Waals surface area contributed by atoms with Crippen LogP contribution in [0, 0.1) is 5.92 Å². The Morgan fingerprint density at radius 1 is 1.32 bits per heavy atom. The average Bonchev–Trinajstić information content (AvgIpc) is 2.47. The summed E-state index contributed by atoms with van der Waals surface area (Å²) in [6.45, 7) is 4.10. The largest absolute Gasteiger partial charge is 0.416 e. The zero-order valence-electron chi connectivity index (χ0n) is 12.6. The van der Waals surface area contributed by atoms with E-state index in [9.17, 15) is 18.0 Å². The number of hydrogen-bond acceptors (Lipinski definition) is 1. The van der Waals surface area contributed by atoms with Gasteiger partial charge in [-0.2, -0.15) is 13.2 Å². The second kappa shape index (κ2) is 7.03. The first-order valence-corrected chi connectivity index (χ1v) is 7.55. The Kier molecular flexibility index (Phi) is 5.32. The van der Waals surface area contributed by atoms with E-state index in [1.54, 1.807) is 4.90 Å². The molecule has 22 heavy (non-hydrogen) atoms. The number of carbonyl (C=O) groups is 1. The molecule has 122 valence electrons. The van der Waals surface area contributed by atoms with Gasteiger partial charge in [-0.3, -0.25) is 0 Å². The van der Waals surface area contributed by atoms with E-state index < -0.39 is 11.7 Å². The maximum Gasteiger partial charge on any atom is 0.416 e. The van der Waals surface area contributed by atoms with Gasteiger partial charge in [0.2, 0.25) is 0 Å². The van der Waals surface area contributed by atoms with Crippen LogP contribution in [0.4, 0.5) is 18.0 Å². The Morgan fingerprint density at radius 3 is 2.59 bits per heavy atom. The molecule has 1 fully saturated rings. The molecule has 0 spiro atoms. The number of carbonyl (C=O) groups excluding carboxylic acids is 1. The van der Waals surface area contributed by atoms with E-state index in [1.807, 2.05) is 0 Å². The molecule has 1 aromatic carbocycles. The Bertz CT molecular complexity index is 499. The number of benzene rings is 1. The minimum absolute atomic E-state index is 0.0848. The summed E-state index contributed by atoms with van der Waals surface area (Å²) in [6.07, 6.45) is -1.62. The summed E-state index contributed by atoms with van der Waals surface area (Å²) in [5, 5.41) is 2.83. The van der Waals surface area contributed by atoms with Crippen LogP contribution >= 0.6 is 0 Å². The third-order valence-corrected chi connectivity index (χ3v) is 3.92. The lowest BCUT2D eigenvalue weighted by Gasteiger charge is -2.30. The first-order chi connectivity index (χ1) is 10.4. The average molecular weight is 314 g/mol. The fourth-order valence-electron chi connectivity index (χ4n) is 2.66. The number of alkyl halides is 3. The van der Waals surface area contributed by atoms with Crippen molar-refractivity contribution >= 4 is 6.03 Å². The van der Waals surface area contributed by atoms with E-state index >= 15 is 0 Å².